The number of aliphatic hydroxyl groups excluding tert-OH is 1. The zero-order valence-corrected chi connectivity index (χ0v) is 13.7. The van der Waals surface area contributed by atoms with E-state index in [4.69, 9.17) is 9.84 Å². The highest BCUT2D eigenvalue weighted by Gasteiger charge is 2.02. The van der Waals surface area contributed by atoms with Crippen molar-refractivity contribution in [3.63, 3.8) is 0 Å². The summed E-state index contributed by atoms with van der Waals surface area (Å²) < 4.78 is 5.92. The second-order valence-corrected chi connectivity index (χ2v) is 5.83. The lowest BCUT2D eigenvalue weighted by molar-refractivity contribution is 0.288. The summed E-state index contributed by atoms with van der Waals surface area (Å²) >= 11 is 0. The third kappa shape index (κ3) is 4.46. The normalized spacial score (nSPS) is 10.5. The molecule has 0 aliphatic heterocycles. The van der Waals surface area contributed by atoms with Crippen LogP contribution in [0.5, 0.6) is 5.75 Å². The fraction of sp³-hybridized carbons (Fsp3) is 0.182. The van der Waals surface area contributed by atoms with Crippen molar-refractivity contribution in [2.75, 3.05) is 6.61 Å². The van der Waals surface area contributed by atoms with E-state index in [1.807, 2.05) is 30.3 Å². The highest BCUT2D eigenvalue weighted by Crippen LogP contribution is 2.25. The Kier molecular flexibility index (Phi) is 5.65. The summed E-state index contributed by atoms with van der Waals surface area (Å²) in [6.07, 6.45) is 1.69. The molecule has 2 heteroatoms. The maximum absolute atomic E-state index is 8.99. The monoisotopic (exact) mass is 318 g/mol. The standard InChI is InChI=1S/C22H22O2/c23-14-6-10-18-9-4-11-20(15-18)21-12-5-13-22(16-21)24-17-19-7-2-1-3-8-19/h1-5,7-9,11-13,15-16,23H,6,10,14,17H2. The van der Waals surface area contributed by atoms with Gasteiger partial charge in [-0.25, -0.2) is 0 Å². The average Bonchev–Trinajstić information content (AvgIpc) is 2.66. The van der Waals surface area contributed by atoms with Crippen molar-refractivity contribution in [3.8, 4) is 16.9 Å². The van der Waals surface area contributed by atoms with E-state index in [0.29, 0.717) is 6.61 Å². The molecule has 0 saturated carbocycles. The molecule has 0 bridgehead atoms. The molecule has 1 N–H and O–H groups in total. The van der Waals surface area contributed by atoms with Gasteiger partial charge >= 0.3 is 0 Å². The van der Waals surface area contributed by atoms with Crippen LogP contribution in [0.2, 0.25) is 0 Å². The predicted octanol–water partition coefficient (Wildman–Crippen LogP) is 4.86. The van der Waals surface area contributed by atoms with Crippen LogP contribution in [0, 0.1) is 0 Å². The average molecular weight is 318 g/mol. The van der Waals surface area contributed by atoms with E-state index >= 15 is 0 Å². The molecule has 0 aliphatic carbocycles. The van der Waals surface area contributed by atoms with Crippen LogP contribution < -0.4 is 4.74 Å². The van der Waals surface area contributed by atoms with E-state index in [-0.39, 0.29) is 6.61 Å². The fourth-order valence-corrected chi connectivity index (χ4v) is 2.70. The first-order valence-electron chi connectivity index (χ1n) is 8.32. The molecular weight excluding hydrogens is 296 g/mol. The molecule has 2 nitrogen and oxygen atoms in total. The molecule has 3 aromatic carbocycles. The van der Waals surface area contributed by atoms with Crippen LogP contribution in [0.25, 0.3) is 11.1 Å². The van der Waals surface area contributed by atoms with E-state index < -0.39 is 0 Å². The number of rotatable bonds is 7. The first-order valence-corrected chi connectivity index (χ1v) is 8.32. The molecule has 0 radical (unpaired) electrons. The first kappa shape index (κ1) is 16.3. The smallest absolute Gasteiger partial charge is 0.120 e. The molecule has 0 fully saturated rings. The Morgan fingerprint density at radius 1 is 0.708 bits per heavy atom. The molecular formula is C22H22O2. The van der Waals surface area contributed by atoms with E-state index in [2.05, 4.69) is 48.5 Å². The Morgan fingerprint density at radius 2 is 1.42 bits per heavy atom. The van der Waals surface area contributed by atoms with Gasteiger partial charge in [0.25, 0.3) is 0 Å². The highest BCUT2D eigenvalue weighted by molar-refractivity contribution is 5.65. The molecule has 0 amide bonds. The molecule has 0 unspecified atom stereocenters. The molecule has 0 spiro atoms. The van der Waals surface area contributed by atoms with Crippen LogP contribution >= 0.6 is 0 Å². The molecule has 0 atom stereocenters. The number of hydrogen-bond acceptors (Lipinski definition) is 2. The molecule has 0 heterocycles. The van der Waals surface area contributed by atoms with Crippen LogP contribution in [0.15, 0.2) is 78.9 Å². The van der Waals surface area contributed by atoms with Crippen molar-refractivity contribution < 1.29 is 9.84 Å². The van der Waals surface area contributed by atoms with Crippen molar-refractivity contribution in [2.45, 2.75) is 19.4 Å². The summed E-state index contributed by atoms with van der Waals surface area (Å²) in [5, 5.41) is 8.99. The summed E-state index contributed by atoms with van der Waals surface area (Å²) in [7, 11) is 0. The van der Waals surface area contributed by atoms with Gasteiger partial charge in [-0.15, -0.1) is 0 Å². The Balaban J connectivity index is 1.73. The lowest BCUT2D eigenvalue weighted by Crippen LogP contribution is -1.95. The maximum atomic E-state index is 8.99. The van der Waals surface area contributed by atoms with Crippen LogP contribution in [0.3, 0.4) is 0 Å². The Labute approximate surface area is 143 Å². The molecule has 0 aliphatic rings. The van der Waals surface area contributed by atoms with E-state index in [0.717, 1.165) is 29.7 Å². The lowest BCUT2D eigenvalue weighted by Gasteiger charge is -2.09. The van der Waals surface area contributed by atoms with Crippen LogP contribution in [0.1, 0.15) is 17.5 Å². The maximum Gasteiger partial charge on any atom is 0.120 e. The van der Waals surface area contributed by atoms with Gasteiger partial charge in [0.2, 0.25) is 0 Å². The number of ether oxygens (including phenoxy) is 1. The molecule has 3 rings (SSSR count). The minimum absolute atomic E-state index is 0.229. The zero-order valence-electron chi connectivity index (χ0n) is 13.7. The fourth-order valence-electron chi connectivity index (χ4n) is 2.70. The van der Waals surface area contributed by atoms with Gasteiger partial charge in [-0.05, 0) is 47.2 Å². The Hall–Kier alpha value is -2.58. The summed E-state index contributed by atoms with van der Waals surface area (Å²) in [6, 6.07) is 26.8. The molecule has 0 saturated heterocycles. The van der Waals surface area contributed by atoms with Crippen LogP contribution in [0.4, 0.5) is 0 Å². The van der Waals surface area contributed by atoms with E-state index in [9.17, 15) is 0 Å². The first-order chi connectivity index (χ1) is 11.8. The number of aliphatic hydroxyl groups is 1. The van der Waals surface area contributed by atoms with Crippen molar-refractivity contribution in [1.82, 2.24) is 0 Å². The van der Waals surface area contributed by atoms with Crippen molar-refractivity contribution in [1.29, 1.82) is 0 Å². The zero-order chi connectivity index (χ0) is 16.6. The van der Waals surface area contributed by atoms with Gasteiger partial charge in [-0.1, -0.05) is 66.7 Å². The molecule has 24 heavy (non-hydrogen) atoms. The largest absolute Gasteiger partial charge is 0.489 e. The SMILES string of the molecule is OCCCc1cccc(-c2cccc(OCc3ccccc3)c2)c1. The Morgan fingerprint density at radius 3 is 2.21 bits per heavy atom. The quantitative estimate of drug-likeness (QED) is 0.674. The highest BCUT2D eigenvalue weighted by atomic mass is 16.5. The summed E-state index contributed by atoms with van der Waals surface area (Å²) in [5.74, 6) is 0.872. The summed E-state index contributed by atoms with van der Waals surface area (Å²) in [5.41, 5.74) is 4.73. The second-order valence-electron chi connectivity index (χ2n) is 5.83. The third-order valence-electron chi connectivity index (χ3n) is 3.97. The predicted molar refractivity (Wildman–Crippen MR) is 98.1 cm³/mol. The van der Waals surface area contributed by atoms with Gasteiger partial charge in [0, 0.05) is 6.61 Å². The van der Waals surface area contributed by atoms with Crippen LogP contribution in [-0.2, 0) is 13.0 Å². The van der Waals surface area contributed by atoms with Gasteiger partial charge in [-0.3, -0.25) is 0 Å². The Bertz CT molecular complexity index is 766. The minimum Gasteiger partial charge on any atom is -0.489 e. The molecule has 0 aromatic heterocycles. The lowest BCUT2D eigenvalue weighted by atomic mass is 10.0. The number of aryl methyl sites for hydroxylation is 1. The van der Waals surface area contributed by atoms with Gasteiger partial charge in [0.05, 0.1) is 0 Å². The van der Waals surface area contributed by atoms with Gasteiger partial charge in [0.15, 0.2) is 0 Å². The topological polar surface area (TPSA) is 29.5 Å². The molecule has 122 valence electrons. The van der Waals surface area contributed by atoms with Crippen molar-refractivity contribution in [3.05, 3.63) is 90.0 Å². The second kappa shape index (κ2) is 8.32. The number of benzene rings is 3. The van der Waals surface area contributed by atoms with Gasteiger partial charge in [-0.2, -0.15) is 0 Å². The van der Waals surface area contributed by atoms with Gasteiger partial charge in [0.1, 0.15) is 12.4 Å². The van der Waals surface area contributed by atoms with Crippen molar-refractivity contribution in [2.24, 2.45) is 0 Å². The summed E-state index contributed by atoms with van der Waals surface area (Å²) in [4.78, 5) is 0. The minimum atomic E-state index is 0.229. The van der Waals surface area contributed by atoms with Crippen LogP contribution in [-0.4, -0.2) is 11.7 Å². The van der Waals surface area contributed by atoms with E-state index in [1.165, 1.54) is 11.1 Å². The van der Waals surface area contributed by atoms with Crippen molar-refractivity contribution >= 4 is 0 Å². The third-order valence-corrected chi connectivity index (χ3v) is 3.97. The number of hydrogen-bond donors (Lipinski definition) is 1. The summed E-state index contributed by atoms with van der Waals surface area (Å²) in [6.45, 7) is 0.799. The molecule has 3 aromatic rings. The van der Waals surface area contributed by atoms with E-state index in [1.54, 1.807) is 0 Å². The van der Waals surface area contributed by atoms with Gasteiger partial charge < -0.3 is 9.84 Å².